The lowest BCUT2D eigenvalue weighted by Crippen LogP contribution is -2.34. The van der Waals surface area contributed by atoms with Crippen molar-refractivity contribution in [2.24, 2.45) is 28.1 Å². The van der Waals surface area contributed by atoms with Gasteiger partial charge in [-0.25, -0.2) is 0 Å². The molecule has 0 aromatic rings. The molecular weight excluding hydrogens is 180 g/mol. The van der Waals surface area contributed by atoms with E-state index >= 15 is 0 Å². The van der Waals surface area contributed by atoms with E-state index < -0.39 is 0 Å². The van der Waals surface area contributed by atoms with Gasteiger partial charge in [-0.2, -0.15) is 0 Å². The Bertz CT molecular complexity index is 259. The van der Waals surface area contributed by atoms with E-state index in [1.807, 2.05) is 6.92 Å². The molecule has 80 valence electrons. The van der Waals surface area contributed by atoms with Crippen LogP contribution in [-0.4, -0.2) is 21.8 Å². The van der Waals surface area contributed by atoms with Gasteiger partial charge in [0.15, 0.2) is 0 Å². The second-order valence-corrected chi connectivity index (χ2v) is 4.34. The van der Waals surface area contributed by atoms with Crippen LogP contribution < -0.4 is 0 Å². The van der Waals surface area contributed by atoms with Crippen LogP contribution in [0.1, 0.15) is 33.6 Å². The van der Waals surface area contributed by atoms with Crippen molar-refractivity contribution in [2.45, 2.75) is 33.6 Å². The predicted molar refractivity (Wildman–Crippen MR) is 55.2 cm³/mol. The molecule has 1 fully saturated rings. The first-order valence-electron chi connectivity index (χ1n) is 5.01. The molecule has 0 bridgehead atoms. The summed E-state index contributed by atoms with van der Waals surface area (Å²) in [5.41, 5.74) is 1.65. The summed E-state index contributed by atoms with van der Waals surface area (Å²) in [6.07, 6.45) is 1.40. The number of hydrogen-bond acceptors (Lipinski definition) is 4. The minimum Gasteiger partial charge on any atom is -0.411 e. The summed E-state index contributed by atoms with van der Waals surface area (Å²) in [7, 11) is 0. The van der Waals surface area contributed by atoms with Crippen molar-refractivity contribution in [2.75, 3.05) is 0 Å². The highest BCUT2D eigenvalue weighted by molar-refractivity contribution is 6.00. The Hall–Kier alpha value is -1.06. The van der Waals surface area contributed by atoms with Crippen molar-refractivity contribution in [3.05, 3.63) is 0 Å². The lowest BCUT2D eigenvalue weighted by atomic mass is 9.75. The molecule has 0 unspecified atom stereocenters. The van der Waals surface area contributed by atoms with E-state index in [-0.39, 0.29) is 11.8 Å². The van der Waals surface area contributed by atoms with E-state index in [0.29, 0.717) is 18.8 Å². The van der Waals surface area contributed by atoms with E-state index in [4.69, 9.17) is 10.4 Å². The summed E-state index contributed by atoms with van der Waals surface area (Å²) < 4.78 is 0. The second kappa shape index (κ2) is 4.44. The summed E-state index contributed by atoms with van der Waals surface area (Å²) in [5, 5.41) is 24.3. The first kappa shape index (κ1) is 11.0. The number of oxime groups is 2. The summed E-state index contributed by atoms with van der Waals surface area (Å²) in [4.78, 5) is 0. The van der Waals surface area contributed by atoms with Gasteiger partial charge in [-0.15, -0.1) is 0 Å². The fourth-order valence-electron chi connectivity index (χ4n) is 2.00. The van der Waals surface area contributed by atoms with Crippen molar-refractivity contribution in [1.29, 1.82) is 0 Å². The predicted octanol–water partition coefficient (Wildman–Crippen LogP) is 2.35. The van der Waals surface area contributed by atoms with Crippen molar-refractivity contribution < 1.29 is 10.4 Å². The minimum atomic E-state index is 0.181. The van der Waals surface area contributed by atoms with Crippen LogP contribution >= 0.6 is 0 Å². The third kappa shape index (κ3) is 2.05. The Kier molecular flexibility index (Phi) is 3.49. The van der Waals surface area contributed by atoms with Crippen LogP contribution in [-0.2, 0) is 0 Å². The van der Waals surface area contributed by atoms with Gasteiger partial charge in [0.1, 0.15) is 0 Å². The highest BCUT2D eigenvalue weighted by atomic mass is 16.4. The molecule has 1 saturated carbocycles. The van der Waals surface area contributed by atoms with Gasteiger partial charge in [-0.05, 0) is 18.8 Å². The number of nitrogens with zero attached hydrogens (tertiary/aromatic N) is 2. The molecular formula is C10H18N2O2. The maximum Gasteiger partial charge on any atom is 0.0614 e. The Morgan fingerprint density at radius 2 is 1.71 bits per heavy atom. The Morgan fingerprint density at radius 3 is 2.14 bits per heavy atom. The fraction of sp³-hybridized carbons (Fsp3) is 0.800. The van der Waals surface area contributed by atoms with Crippen molar-refractivity contribution in [3.63, 3.8) is 0 Å². The first-order chi connectivity index (χ1) is 6.60. The van der Waals surface area contributed by atoms with E-state index in [1.54, 1.807) is 0 Å². The lowest BCUT2D eigenvalue weighted by Gasteiger charge is -2.30. The second-order valence-electron chi connectivity index (χ2n) is 4.34. The van der Waals surface area contributed by atoms with E-state index in [9.17, 15) is 0 Å². The van der Waals surface area contributed by atoms with Gasteiger partial charge in [-0.3, -0.25) is 0 Å². The zero-order valence-electron chi connectivity index (χ0n) is 8.94. The van der Waals surface area contributed by atoms with Crippen LogP contribution in [0.4, 0.5) is 0 Å². The van der Waals surface area contributed by atoms with Crippen molar-refractivity contribution >= 4 is 11.4 Å². The highest BCUT2D eigenvalue weighted by Crippen LogP contribution is 2.29. The molecule has 2 atom stereocenters. The van der Waals surface area contributed by atoms with E-state index in [1.165, 1.54) is 0 Å². The maximum absolute atomic E-state index is 8.87. The van der Waals surface area contributed by atoms with Gasteiger partial charge in [0, 0.05) is 11.8 Å². The average molecular weight is 198 g/mol. The standard InChI is InChI=1S/C10H18N2O2/c1-6(2)8-5-9(11-13)7(3)4-10(8)12-14/h6-8,13-14H,4-5H2,1-3H3/b11-9-,12-10-/t7-,8-/m1/s1. The van der Waals surface area contributed by atoms with E-state index in [2.05, 4.69) is 24.2 Å². The van der Waals surface area contributed by atoms with Gasteiger partial charge >= 0.3 is 0 Å². The van der Waals surface area contributed by atoms with Crippen LogP contribution in [0, 0.1) is 17.8 Å². The maximum atomic E-state index is 8.87. The number of rotatable bonds is 1. The van der Waals surface area contributed by atoms with Crippen LogP contribution in [0.15, 0.2) is 10.3 Å². The molecule has 0 saturated heterocycles. The molecule has 0 aromatic heterocycles. The summed E-state index contributed by atoms with van der Waals surface area (Å²) in [5.74, 6) is 0.799. The minimum absolute atomic E-state index is 0.181. The SMILES string of the molecule is CC(C)[C@H]1C/C(=N/O)[C@H](C)C/C1=N/O. The summed E-state index contributed by atoms with van der Waals surface area (Å²) in [6.45, 7) is 6.15. The zero-order valence-corrected chi connectivity index (χ0v) is 8.94. The molecule has 0 aliphatic heterocycles. The smallest absolute Gasteiger partial charge is 0.0614 e. The van der Waals surface area contributed by atoms with Gasteiger partial charge in [0.2, 0.25) is 0 Å². The molecule has 4 heteroatoms. The van der Waals surface area contributed by atoms with Gasteiger partial charge in [-0.1, -0.05) is 31.1 Å². The molecule has 0 amide bonds. The summed E-state index contributed by atoms with van der Waals surface area (Å²) in [6, 6.07) is 0. The molecule has 4 nitrogen and oxygen atoms in total. The molecule has 0 heterocycles. The third-order valence-electron chi connectivity index (χ3n) is 3.00. The topological polar surface area (TPSA) is 65.2 Å². The zero-order chi connectivity index (χ0) is 10.7. The molecule has 0 radical (unpaired) electrons. The van der Waals surface area contributed by atoms with Crippen molar-refractivity contribution in [3.8, 4) is 0 Å². The molecule has 0 aromatic carbocycles. The average Bonchev–Trinajstić information content (AvgIpc) is 2.16. The van der Waals surface area contributed by atoms with E-state index in [0.717, 1.165) is 11.4 Å². The normalized spacial score (nSPS) is 34.3. The first-order valence-corrected chi connectivity index (χ1v) is 5.01. The molecule has 1 rings (SSSR count). The van der Waals surface area contributed by atoms with Crippen LogP contribution in [0.25, 0.3) is 0 Å². The Labute approximate surface area is 84.3 Å². The van der Waals surface area contributed by atoms with Crippen LogP contribution in [0.5, 0.6) is 0 Å². The molecule has 14 heavy (non-hydrogen) atoms. The lowest BCUT2D eigenvalue weighted by molar-refractivity contribution is 0.298. The molecule has 1 aliphatic carbocycles. The fourth-order valence-corrected chi connectivity index (χ4v) is 2.00. The molecule has 0 spiro atoms. The summed E-state index contributed by atoms with van der Waals surface area (Å²) >= 11 is 0. The van der Waals surface area contributed by atoms with Gasteiger partial charge in [0.05, 0.1) is 11.4 Å². The van der Waals surface area contributed by atoms with Gasteiger partial charge in [0.25, 0.3) is 0 Å². The highest BCUT2D eigenvalue weighted by Gasteiger charge is 2.31. The monoisotopic (exact) mass is 198 g/mol. The van der Waals surface area contributed by atoms with Gasteiger partial charge < -0.3 is 10.4 Å². The Balaban J connectivity index is 2.85. The van der Waals surface area contributed by atoms with Crippen molar-refractivity contribution in [1.82, 2.24) is 0 Å². The molecule has 2 N–H and O–H groups in total. The largest absolute Gasteiger partial charge is 0.411 e. The molecule has 1 aliphatic rings. The van der Waals surface area contributed by atoms with Crippen LogP contribution in [0.2, 0.25) is 0 Å². The quantitative estimate of drug-likeness (QED) is 0.501. The van der Waals surface area contributed by atoms with Crippen LogP contribution in [0.3, 0.4) is 0 Å². The third-order valence-corrected chi connectivity index (χ3v) is 3.00. The Morgan fingerprint density at radius 1 is 1.14 bits per heavy atom. The number of hydrogen-bond donors (Lipinski definition) is 2.